The molecule has 1 aromatic rings. The normalized spacial score (nSPS) is 16.0. The fraction of sp³-hybridized carbons (Fsp3) is 0.471. The predicted molar refractivity (Wildman–Crippen MR) is 89.4 cm³/mol. The van der Waals surface area contributed by atoms with Gasteiger partial charge in [0.1, 0.15) is 0 Å². The van der Waals surface area contributed by atoms with Gasteiger partial charge in [0.25, 0.3) is 0 Å². The number of hydrogen-bond donors (Lipinski definition) is 1. The summed E-state index contributed by atoms with van der Waals surface area (Å²) in [5.41, 5.74) is 4.13. The van der Waals surface area contributed by atoms with E-state index in [2.05, 4.69) is 52.0 Å². The Kier molecular flexibility index (Phi) is 6.00. The number of rotatable bonds is 5. The van der Waals surface area contributed by atoms with Crippen LogP contribution in [0.3, 0.4) is 0 Å². The summed E-state index contributed by atoms with van der Waals surface area (Å²) >= 11 is 3.62. The first-order valence-corrected chi connectivity index (χ1v) is 8.30. The van der Waals surface area contributed by atoms with Crippen LogP contribution in [0.4, 0.5) is 0 Å². The van der Waals surface area contributed by atoms with Gasteiger partial charge >= 0.3 is 5.97 Å². The first kappa shape index (κ1) is 16.2. The number of carboxylic acids is 1. The van der Waals surface area contributed by atoms with Crippen molar-refractivity contribution in [3.8, 4) is 0 Å². The van der Waals surface area contributed by atoms with Gasteiger partial charge in [-0.05, 0) is 36.5 Å². The van der Waals surface area contributed by atoms with E-state index >= 15 is 0 Å². The molecule has 21 heavy (non-hydrogen) atoms. The van der Waals surface area contributed by atoms with E-state index in [-0.39, 0.29) is 6.42 Å². The highest BCUT2D eigenvalue weighted by Crippen LogP contribution is 2.26. The monoisotopic (exact) mass is 351 g/mol. The maximum atomic E-state index is 10.6. The molecule has 1 aromatic carbocycles. The second-order valence-electron chi connectivity index (χ2n) is 5.45. The third-order valence-electron chi connectivity index (χ3n) is 4.01. The Morgan fingerprint density at radius 2 is 2.10 bits per heavy atom. The molecule has 0 spiro atoms. The van der Waals surface area contributed by atoms with Crippen molar-refractivity contribution >= 4 is 28.0 Å². The van der Waals surface area contributed by atoms with E-state index in [0.717, 1.165) is 32.4 Å². The lowest BCUT2D eigenvalue weighted by Crippen LogP contribution is -2.32. The number of benzene rings is 1. The molecular weight excluding hydrogens is 330 g/mol. The first-order valence-electron chi connectivity index (χ1n) is 7.51. The van der Waals surface area contributed by atoms with Crippen molar-refractivity contribution < 1.29 is 9.90 Å². The summed E-state index contributed by atoms with van der Waals surface area (Å²) in [5, 5.41) is 8.73. The van der Waals surface area contributed by atoms with Crippen LogP contribution in [0, 0.1) is 0 Å². The van der Waals surface area contributed by atoms with E-state index in [1.165, 1.54) is 21.2 Å². The van der Waals surface area contributed by atoms with Crippen LogP contribution in [0.2, 0.25) is 0 Å². The van der Waals surface area contributed by atoms with Crippen LogP contribution in [-0.4, -0.2) is 35.6 Å². The molecule has 0 bridgehead atoms. The van der Waals surface area contributed by atoms with Crippen LogP contribution in [0.1, 0.15) is 37.3 Å². The molecule has 4 heteroatoms. The summed E-state index contributed by atoms with van der Waals surface area (Å²) in [5.74, 6) is -0.710. The minimum atomic E-state index is -0.710. The largest absolute Gasteiger partial charge is 0.481 e. The van der Waals surface area contributed by atoms with E-state index in [1.54, 1.807) is 0 Å². The second kappa shape index (κ2) is 7.76. The molecule has 0 unspecified atom stereocenters. The number of nitrogens with zero attached hydrogens (tertiary/aromatic N) is 1. The molecule has 3 nitrogen and oxygen atoms in total. The molecule has 2 rings (SSSR count). The first-order chi connectivity index (χ1) is 10.1. The summed E-state index contributed by atoms with van der Waals surface area (Å²) < 4.78 is 1.18. The molecule has 0 atom stereocenters. The molecule has 0 aromatic heterocycles. The molecule has 1 N–H and O–H groups in total. The molecular formula is C17H22BrNO2. The SMILES string of the molecule is CCc1c(Br)cccc1C=C1CCN(CCC(=O)O)CC1. The number of piperidine rings is 1. The second-order valence-corrected chi connectivity index (χ2v) is 6.30. The number of likely N-dealkylation sites (tertiary alicyclic amines) is 1. The van der Waals surface area contributed by atoms with Crippen molar-refractivity contribution in [3.63, 3.8) is 0 Å². The summed E-state index contributed by atoms with van der Waals surface area (Å²) in [4.78, 5) is 12.9. The molecule has 1 aliphatic rings. The van der Waals surface area contributed by atoms with Gasteiger partial charge in [-0.1, -0.05) is 46.6 Å². The van der Waals surface area contributed by atoms with Crippen molar-refractivity contribution in [3.05, 3.63) is 39.4 Å². The molecule has 0 aliphatic carbocycles. The maximum absolute atomic E-state index is 10.6. The number of halogens is 1. The molecule has 1 aliphatic heterocycles. The smallest absolute Gasteiger partial charge is 0.304 e. The zero-order chi connectivity index (χ0) is 15.2. The van der Waals surface area contributed by atoms with Gasteiger partial charge in [0.2, 0.25) is 0 Å². The summed E-state index contributed by atoms with van der Waals surface area (Å²) in [6.45, 7) is 4.78. The van der Waals surface area contributed by atoms with Crippen LogP contribution in [0.5, 0.6) is 0 Å². The Balaban J connectivity index is 1.99. The van der Waals surface area contributed by atoms with Gasteiger partial charge in [-0.25, -0.2) is 0 Å². The minimum absolute atomic E-state index is 0.241. The summed E-state index contributed by atoms with van der Waals surface area (Å²) in [6, 6.07) is 6.35. The Morgan fingerprint density at radius 1 is 1.38 bits per heavy atom. The van der Waals surface area contributed by atoms with Gasteiger partial charge in [0.15, 0.2) is 0 Å². The fourth-order valence-electron chi connectivity index (χ4n) is 2.77. The summed E-state index contributed by atoms with van der Waals surface area (Å²) in [7, 11) is 0. The van der Waals surface area contributed by atoms with E-state index < -0.39 is 5.97 Å². The average molecular weight is 352 g/mol. The van der Waals surface area contributed by atoms with Crippen molar-refractivity contribution in [2.24, 2.45) is 0 Å². The molecule has 1 fully saturated rings. The van der Waals surface area contributed by atoms with Crippen LogP contribution in [0.15, 0.2) is 28.2 Å². The van der Waals surface area contributed by atoms with Crippen LogP contribution >= 0.6 is 15.9 Å². The van der Waals surface area contributed by atoms with Crippen molar-refractivity contribution in [2.45, 2.75) is 32.6 Å². The lowest BCUT2D eigenvalue weighted by molar-refractivity contribution is -0.137. The quantitative estimate of drug-likeness (QED) is 0.872. The van der Waals surface area contributed by atoms with Crippen LogP contribution < -0.4 is 0 Å². The molecule has 0 saturated carbocycles. The Bertz CT molecular complexity index is 530. The lowest BCUT2D eigenvalue weighted by Gasteiger charge is -2.28. The molecule has 1 heterocycles. The topological polar surface area (TPSA) is 40.5 Å². The van der Waals surface area contributed by atoms with Crippen molar-refractivity contribution in [1.29, 1.82) is 0 Å². The van der Waals surface area contributed by atoms with Crippen molar-refractivity contribution in [2.75, 3.05) is 19.6 Å². The number of carboxylic acid groups (broad SMARTS) is 1. The third-order valence-corrected chi connectivity index (χ3v) is 4.75. The van der Waals surface area contributed by atoms with E-state index in [4.69, 9.17) is 5.11 Å². The number of aliphatic carboxylic acids is 1. The van der Waals surface area contributed by atoms with Crippen molar-refractivity contribution in [1.82, 2.24) is 4.90 Å². The standard InChI is InChI=1S/C17H22BrNO2/c1-2-15-14(4-3-5-16(15)18)12-13-6-9-19(10-7-13)11-8-17(20)21/h3-5,12H,2,6-11H2,1H3,(H,20,21). The van der Waals surface area contributed by atoms with Gasteiger partial charge in [-0.3, -0.25) is 4.79 Å². The Labute approximate surface area is 134 Å². The highest BCUT2D eigenvalue weighted by Gasteiger charge is 2.15. The zero-order valence-electron chi connectivity index (χ0n) is 12.4. The highest BCUT2D eigenvalue weighted by atomic mass is 79.9. The maximum Gasteiger partial charge on any atom is 0.304 e. The Hall–Kier alpha value is -1.13. The average Bonchev–Trinajstić information content (AvgIpc) is 2.47. The fourth-order valence-corrected chi connectivity index (χ4v) is 3.43. The Morgan fingerprint density at radius 3 is 2.71 bits per heavy atom. The lowest BCUT2D eigenvalue weighted by atomic mass is 9.97. The van der Waals surface area contributed by atoms with Gasteiger partial charge < -0.3 is 10.0 Å². The molecule has 114 valence electrons. The van der Waals surface area contributed by atoms with E-state index in [9.17, 15) is 4.79 Å². The van der Waals surface area contributed by atoms with Crippen LogP contribution in [-0.2, 0) is 11.2 Å². The molecule has 1 saturated heterocycles. The van der Waals surface area contributed by atoms with E-state index in [0.29, 0.717) is 6.54 Å². The predicted octanol–water partition coefficient (Wildman–Crippen LogP) is 3.97. The van der Waals surface area contributed by atoms with Gasteiger partial charge in [0.05, 0.1) is 6.42 Å². The van der Waals surface area contributed by atoms with Gasteiger partial charge in [-0.2, -0.15) is 0 Å². The minimum Gasteiger partial charge on any atom is -0.481 e. The highest BCUT2D eigenvalue weighted by molar-refractivity contribution is 9.10. The molecule has 0 radical (unpaired) electrons. The van der Waals surface area contributed by atoms with Crippen LogP contribution in [0.25, 0.3) is 6.08 Å². The van der Waals surface area contributed by atoms with E-state index in [1.807, 2.05) is 0 Å². The zero-order valence-corrected chi connectivity index (χ0v) is 14.0. The van der Waals surface area contributed by atoms with Gasteiger partial charge in [0, 0.05) is 24.1 Å². The molecule has 0 amide bonds. The number of carbonyl (C=O) groups is 1. The van der Waals surface area contributed by atoms with Gasteiger partial charge in [-0.15, -0.1) is 0 Å². The number of hydrogen-bond acceptors (Lipinski definition) is 2. The summed E-state index contributed by atoms with van der Waals surface area (Å²) in [6.07, 6.45) is 5.65. The third kappa shape index (κ3) is 4.68.